The summed E-state index contributed by atoms with van der Waals surface area (Å²) < 4.78 is 36.7. The van der Waals surface area contributed by atoms with E-state index in [0.717, 1.165) is 0 Å². The molecule has 0 aliphatic heterocycles. The van der Waals surface area contributed by atoms with Crippen molar-refractivity contribution in [1.82, 2.24) is 4.72 Å². The minimum absolute atomic E-state index is 0.0152. The van der Waals surface area contributed by atoms with Crippen LogP contribution in [0.1, 0.15) is 6.92 Å². The SMILES string of the molecule is COc1ccc(S(=O)(=O)NCC(N)C(C)O)c(OC)c1. The van der Waals surface area contributed by atoms with E-state index in [2.05, 4.69) is 4.72 Å². The van der Waals surface area contributed by atoms with Crippen molar-refractivity contribution in [1.29, 1.82) is 0 Å². The quantitative estimate of drug-likeness (QED) is 0.637. The van der Waals surface area contributed by atoms with Crippen LogP contribution >= 0.6 is 0 Å². The van der Waals surface area contributed by atoms with Crippen LogP contribution in [0, 0.1) is 0 Å². The lowest BCUT2D eigenvalue weighted by Gasteiger charge is -2.16. The molecule has 114 valence electrons. The van der Waals surface area contributed by atoms with Crippen molar-refractivity contribution < 1.29 is 23.0 Å². The first-order chi connectivity index (χ1) is 9.31. The molecule has 0 saturated heterocycles. The number of rotatable bonds is 7. The molecule has 2 unspecified atom stereocenters. The maximum absolute atomic E-state index is 12.2. The third kappa shape index (κ3) is 4.07. The molecule has 1 aromatic rings. The van der Waals surface area contributed by atoms with Gasteiger partial charge in [0.15, 0.2) is 0 Å². The highest BCUT2D eigenvalue weighted by atomic mass is 32.2. The highest BCUT2D eigenvalue weighted by molar-refractivity contribution is 7.89. The highest BCUT2D eigenvalue weighted by Gasteiger charge is 2.21. The minimum Gasteiger partial charge on any atom is -0.497 e. The summed E-state index contributed by atoms with van der Waals surface area (Å²) in [7, 11) is -0.933. The van der Waals surface area contributed by atoms with Gasteiger partial charge in [-0.1, -0.05) is 0 Å². The fourth-order valence-electron chi connectivity index (χ4n) is 1.45. The molecule has 0 spiro atoms. The van der Waals surface area contributed by atoms with E-state index in [9.17, 15) is 13.5 Å². The number of hydrogen-bond acceptors (Lipinski definition) is 6. The molecule has 0 radical (unpaired) electrons. The number of aliphatic hydroxyl groups is 1. The minimum atomic E-state index is -3.78. The molecule has 0 aliphatic rings. The lowest BCUT2D eigenvalue weighted by atomic mass is 10.2. The molecule has 0 amide bonds. The Morgan fingerprint density at radius 1 is 1.35 bits per heavy atom. The molecule has 0 bridgehead atoms. The number of sulfonamides is 1. The standard InChI is InChI=1S/C12H20N2O5S/c1-8(15)10(13)7-14-20(16,17)12-5-4-9(18-2)6-11(12)19-3/h4-6,8,10,14-15H,7,13H2,1-3H3. The van der Waals surface area contributed by atoms with Crippen molar-refractivity contribution in [2.75, 3.05) is 20.8 Å². The number of nitrogens with two attached hydrogens (primary N) is 1. The lowest BCUT2D eigenvalue weighted by molar-refractivity contribution is 0.164. The van der Waals surface area contributed by atoms with Crippen LogP contribution in [-0.2, 0) is 10.0 Å². The van der Waals surface area contributed by atoms with Crippen molar-refractivity contribution in [2.45, 2.75) is 24.0 Å². The second-order valence-electron chi connectivity index (χ2n) is 4.27. The highest BCUT2D eigenvalue weighted by Crippen LogP contribution is 2.28. The molecule has 20 heavy (non-hydrogen) atoms. The molecule has 8 heteroatoms. The van der Waals surface area contributed by atoms with Gasteiger partial charge in [-0.05, 0) is 19.1 Å². The molecule has 0 fully saturated rings. The van der Waals surface area contributed by atoms with Crippen LogP contribution in [0.5, 0.6) is 11.5 Å². The third-order valence-corrected chi connectivity index (χ3v) is 4.25. The molecule has 0 aliphatic carbocycles. The van der Waals surface area contributed by atoms with Gasteiger partial charge in [0.05, 0.1) is 20.3 Å². The van der Waals surface area contributed by atoms with E-state index in [1.165, 1.54) is 39.3 Å². The number of benzene rings is 1. The molecular weight excluding hydrogens is 284 g/mol. The number of ether oxygens (including phenoxy) is 2. The predicted octanol–water partition coefficient (Wildman–Crippen LogP) is -0.310. The van der Waals surface area contributed by atoms with Crippen molar-refractivity contribution in [3.63, 3.8) is 0 Å². The van der Waals surface area contributed by atoms with Gasteiger partial charge in [0.25, 0.3) is 0 Å². The molecule has 0 aromatic heterocycles. The van der Waals surface area contributed by atoms with Gasteiger partial charge in [-0.25, -0.2) is 13.1 Å². The van der Waals surface area contributed by atoms with Gasteiger partial charge in [0.2, 0.25) is 10.0 Å². The summed E-state index contributed by atoms with van der Waals surface area (Å²) >= 11 is 0. The molecular formula is C12H20N2O5S. The largest absolute Gasteiger partial charge is 0.497 e. The summed E-state index contributed by atoms with van der Waals surface area (Å²) in [5.74, 6) is 0.656. The van der Waals surface area contributed by atoms with Crippen LogP contribution in [0.15, 0.2) is 23.1 Å². The van der Waals surface area contributed by atoms with Crippen LogP contribution in [0.3, 0.4) is 0 Å². The molecule has 1 rings (SSSR count). The first-order valence-electron chi connectivity index (χ1n) is 5.97. The van der Waals surface area contributed by atoms with Crippen molar-refractivity contribution in [2.24, 2.45) is 5.73 Å². The molecule has 0 saturated carbocycles. The summed E-state index contributed by atoms with van der Waals surface area (Å²) in [6.45, 7) is 1.42. The smallest absolute Gasteiger partial charge is 0.244 e. The zero-order valence-corrected chi connectivity index (χ0v) is 12.5. The monoisotopic (exact) mass is 304 g/mol. The normalized spacial score (nSPS) is 14.7. The van der Waals surface area contributed by atoms with Crippen LogP contribution in [0.25, 0.3) is 0 Å². The van der Waals surface area contributed by atoms with Crippen LogP contribution in [0.4, 0.5) is 0 Å². The van der Waals surface area contributed by atoms with Crippen molar-refractivity contribution >= 4 is 10.0 Å². The average molecular weight is 304 g/mol. The fourth-order valence-corrected chi connectivity index (χ4v) is 2.67. The van der Waals surface area contributed by atoms with Crippen LogP contribution in [-0.4, -0.2) is 46.4 Å². The van der Waals surface area contributed by atoms with E-state index < -0.39 is 22.2 Å². The second kappa shape index (κ2) is 6.89. The van der Waals surface area contributed by atoms with Crippen LogP contribution in [0.2, 0.25) is 0 Å². The Morgan fingerprint density at radius 3 is 2.50 bits per heavy atom. The van der Waals surface area contributed by atoms with Gasteiger partial charge in [-0.2, -0.15) is 0 Å². The Balaban J connectivity index is 2.97. The Labute approximate surface area is 118 Å². The Kier molecular flexibility index (Phi) is 5.75. The van der Waals surface area contributed by atoms with Gasteiger partial charge in [-0.3, -0.25) is 0 Å². The third-order valence-electron chi connectivity index (χ3n) is 2.79. The summed E-state index contributed by atoms with van der Waals surface area (Å²) in [6, 6.07) is 3.69. The fraction of sp³-hybridized carbons (Fsp3) is 0.500. The van der Waals surface area contributed by atoms with Crippen molar-refractivity contribution in [3.8, 4) is 11.5 Å². The van der Waals surface area contributed by atoms with Crippen molar-refractivity contribution in [3.05, 3.63) is 18.2 Å². The topological polar surface area (TPSA) is 111 Å². The van der Waals surface area contributed by atoms with Gasteiger partial charge in [0.1, 0.15) is 16.4 Å². The van der Waals surface area contributed by atoms with Gasteiger partial charge < -0.3 is 20.3 Å². The van der Waals surface area contributed by atoms with E-state index in [-0.39, 0.29) is 17.2 Å². The molecule has 7 nitrogen and oxygen atoms in total. The van der Waals surface area contributed by atoms with E-state index in [4.69, 9.17) is 15.2 Å². The number of nitrogens with one attached hydrogen (secondary N) is 1. The molecule has 4 N–H and O–H groups in total. The zero-order valence-electron chi connectivity index (χ0n) is 11.7. The zero-order chi connectivity index (χ0) is 15.3. The summed E-state index contributed by atoms with van der Waals surface area (Å²) in [5.41, 5.74) is 5.59. The van der Waals surface area contributed by atoms with Gasteiger partial charge in [0, 0.05) is 18.7 Å². The Bertz CT molecular complexity index is 545. The number of hydrogen-bond donors (Lipinski definition) is 3. The Morgan fingerprint density at radius 2 is 2.00 bits per heavy atom. The molecule has 1 aromatic carbocycles. The second-order valence-corrected chi connectivity index (χ2v) is 6.01. The van der Waals surface area contributed by atoms with Gasteiger partial charge in [-0.15, -0.1) is 0 Å². The van der Waals surface area contributed by atoms with E-state index in [1.807, 2.05) is 0 Å². The summed E-state index contributed by atoms with van der Waals surface area (Å²) in [6.07, 6.45) is -0.810. The van der Waals surface area contributed by atoms with Gasteiger partial charge >= 0.3 is 0 Å². The molecule has 0 heterocycles. The maximum atomic E-state index is 12.2. The van der Waals surface area contributed by atoms with E-state index >= 15 is 0 Å². The predicted molar refractivity (Wildman–Crippen MR) is 74.4 cm³/mol. The maximum Gasteiger partial charge on any atom is 0.244 e. The van der Waals surface area contributed by atoms with Crippen LogP contribution < -0.4 is 19.9 Å². The number of aliphatic hydroxyl groups excluding tert-OH is 1. The number of methoxy groups -OCH3 is 2. The first-order valence-corrected chi connectivity index (χ1v) is 7.45. The summed E-state index contributed by atoms with van der Waals surface area (Å²) in [4.78, 5) is -0.0152. The lowest BCUT2D eigenvalue weighted by Crippen LogP contribution is -2.43. The van der Waals surface area contributed by atoms with E-state index in [0.29, 0.717) is 5.75 Å². The summed E-state index contributed by atoms with van der Waals surface area (Å²) in [5, 5.41) is 9.26. The Hall–Kier alpha value is -1.35. The van der Waals surface area contributed by atoms with E-state index in [1.54, 1.807) is 0 Å². The first kappa shape index (κ1) is 16.7. The molecule has 2 atom stereocenters. The average Bonchev–Trinajstić information content (AvgIpc) is 2.43.